The SMILES string of the molecule is CCOc1cc(CN2CCN([C@@H](C)CC)CC2)ccc1OC. The lowest BCUT2D eigenvalue weighted by Crippen LogP contribution is -2.48. The van der Waals surface area contributed by atoms with E-state index >= 15 is 0 Å². The molecule has 124 valence electrons. The van der Waals surface area contributed by atoms with Crippen molar-refractivity contribution in [1.29, 1.82) is 0 Å². The molecule has 22 heavy (non-hydrogen) atoms. The number of benzene rings is 1. The van der Waals surface area contributed by atoms with Crippen LogP contribution in [0.3, 0.4) is 0 Å². The molecule has 1 aliphatic rings. The molecule has 4 nitrogen and oxygen atoms in total. The molecule has 1 atom stereocenters. The van der Waals surface area contributed by atoms with E-state index in [1.807, 2.05) is 13.0 Å². The minimum atomic E-state index is 0.660. The minimum Gasteiger partial charge on any atom is -0.493 e. The largest absolute Gasteiger partial charge is 0.493 e. The fourth-order valence-electron chi connectivity index (χ4n) is 2.97. The molecule has 1 aromatic rings. The van der Waals surface area contributed by atoms with Crippen LogP contribution < -0.4 is 9.47 Å². The van der Waals surface area contributed by atoms with E-state index in [0.717, 1.165) is 31.1 Å². The van der Waals surface area contributed by atoms with E-state index in [0.29, 0.717) is 12.6 Å². The van der Waals surface area contributed by atoms with Gasteiger partial charge in [0.05, 0.1) is 13.7 Å². The van der Waals surface area contributed by atoms with Crippen molar-refractivity contribution < 1.29 is 9.47 Å². The van der Waals surface area contributed by atoms with E-state index in [1.54, 1.807) is 7.11 Å². The second-order valence-corrected chi connectivity index (χ2v) is 5.99. The Morgan fingerprint density at radius 1 is 1.09 bits per heavy atom. The molecule has 0 N–H and O–H groups in total. The van der Waals surface area contributed by atoms with Crippen LogP contribution in [0.15, 0.2) is 18.2 Å². The number of nitrogens with zero attached hydrogens (tertiary/aromatic N) is 2. The number of methoxy groups -OCH3 is 1. The van der Waals surface area contributed by atoms with E-state index in [9.17, 15) is 0 Å². The Morgan fingerprint density at radius 2 is 1.82 bits per heavy atom. The molecule has 1 fully saturated rings. The lowest BCUT2D eigenvalue weighted by atomic mass is 10.1. The van der Waals surface area contributed by atoms with Crippen molar-refractivity contribution in [1.82, 2.24) is 9.80 Å². The zero-order chi connectivity index (χ0) is 15.9. The van der Waals surface area contributed by atoms with E-state index in [4.69, 9.17) is 9.47 Å². The number of rotatable bonds is 7. The van der Waals surface area contributed by atoms with E-state index in [1.165, 1.54) is 25.1 Å². The fraction of sp³-hybridized carbons (Fsp3) is 0.667. The van der Waals surface area contributed by atoms with Gasteiger partial charge in [-0.15, -0.1) is 0 Å². The normalized spacial score (nSPS) is 18.2. The van der Waals surface area contributed by atoms with Crippen LogP contribution in [0, 0.1) is 0 Å². The van der Waals surface area contributed by atoms with Gasteiger partial charge in [-0.05, 0) is 38.0 Å². The Kier molecular flexibility index (Phi) is 6.52. The lowest BCUT2D eigenvalue weighted by Gasteiger charge is -2.37. The maximum absolute atomic E-state index is 5.67. The first kappa shape index (κ1) is 17.1. The highest BCUT2D eigenvalue weighted by molar-refractivity contribution is 5.42. The summed E-state index contributed by atoms with van der Waals surface area (Å²) in [6.45, 7) is 12.9. The second-order valence-electron chi connectivity index (χ2n) is 5.99. The average molecular weight is 306 g/mol. The molecule has 0 radical (unpaired) electrons. The van der Waals surface area contributed by atoms with Gasteiger partial charge in [-0.2, -0.15) is 0 Å². The molecule has 0 aromatic heterocycles. The maximum Gasteiger partial charge on any atom is 0.161 e. The molecule has 0 aliphatic carbocycles. The third-order valence-electron chi connectivity index (χ3n) is 4.56. The van der Waals surface area contributed by atoms with Gasteiger partial charge in [-0.3, -0.25) is 9.80 Å². The highest BCUT2D eigenvalue weighted by Gasteiger charge is 2.20. The Bertz CT molecular complexity index is 456. The fourth-order valence-corrected chi connectivity index (χ4v) is 2.97. The monoisotopic (exact) mass is 306 g/mol. The van der Waals surface area contributed by atoms with E-state index in [2.05, 4.69) is 35.8 Å². The van der Waals surface area contributed by atoms with Gasteiger partial charge in [0.2, 0.25) is 0 Å². The smallest absolute Gasteiger partial charge is 0.161 e. The third kappa shape index (κ3) is 4.37. The molecule has 2 rings (SSSR count). The van der Waals surface area contributed by atoms with Crippen LogP contribution in [0.4, 0.5) is 0 Å². The molecule has 4 heteroatoms. The van der Waals surface area contributed by atoms with Gasteiger partial charge in [0.15, 0.2) is 11.5 Å². The van der Waals surface area contributed by atoms with Gasteiger partial charge in [0.1, 0.15) is 0 Å². The predicted octanol–water partition coefficient (Wildman–Crippen LogP) is 3.01. The van der Waals surface area contributed by atoms with Crippen LogP contribution in [-0.4, -0.2) is 55.7 Å². The molecule has 1 aromatic carbocycles. The molecule has 1 aliphatic heterocycles. The molecular formula is C18H30N2O2. The second kappa shape index (κ2) is 8.39. The lowest BCUT2D eigenvalue weighted by molar-refractivity contribution is 0.0963. The van der Waals surface area contributed by atoms with Crippen LogP contribution in [0.25, 0.3) is 0 Å². The van der Waals surface area contributed by atoms with Gasteiger partial charge in [0, 0.05) is 38.8 Å². The summed E-state index contributed by atoms with van der Waals surface area (Å²) in [5, 5.41) is 0. The number of piperazine rings is 1. The zero-order valence-electron chi connectivity index (χ0n) is 14.5. The van der Waals surface area contributed by atoms with Crippen molar-refractivity contribution in [2.24, 2.45) is 0 Å². The first-order chi connectivity index (χ1) is 10.7. The van der Waals surface area contributed by atoms with Crippen LogP contribution in [0.5, 0.6) is 11.5 Å². The summed E-state index contributed by atoms with van der Waals surface area (Å²) >= 11 is 0. The Hall–Kier alpha value is -1.26. The van der Waals surface area contributed by atoms with Crippen molar-refractivity contribution in [3.63, 3.8) is 0 Å². The van der Waals surface area contributed by atoms with Crippen molar-refractivity contribution in [3.8, 4) is 11.5 Å². The summed E-state index contributed by atoms with van der Waals surface area (Å²) in [7, 11) is 1.69. The van der Waals surface area contributed by atoms with Gasteiger partial charge in [-0.25, -0.2) is 0 Å². The minimum absolute atomic E-state index is 0.660. The zero-order valence-corrected chi connectivity index (χ0v) is 14.5. The molecular weight excluding hydrogens is 276 g/mol. The van der Waals surface area contributed by atoms with Gasteiger partial charge < -0.3 is 9.47 Å². The van der Waals surface area contributed by atoms with Crippen LogP contribution in [0.1, 0.15) is 32.8 Å². The number of ether oxygens (including phenoxy) is 2. The summed E-state index contributed by atoms with van der Waals surface area (Å²) < 4.78 is 11.0. The predicted molar refractivity (Wildman–Crippen MR) is 90.8 cm³/mol. The molecule has 1 saturated heterocycles. The summed E-state index contributed by atoms with van der Waals surface area (Å²) in [4.78, 5) is 5.12. The molecule has 0 amide bonds. The maximum atomic E-state index is 5.67. The van der Waals surface area contributed by atoms with Crippen molar-refractivity contribution in [2.45, 2.75) is 39.8 Å². The van der Waals surface area contributed by atoms with Crippen LogP contribution in [0.2, 0.25) is 0 Å². The van der Waals surface area contributed by atoms with Crippen LogP contribution >= 0.6 is 0 Å². The molecule has 1 heterocycles. The van der Waals surface area contributed by atoms with Gasteiger partial charge >= 0.3 is 0 Å². The highest BCUT2D eigenvalue weighted by Crippen LogP contribution is 2.28. The van der Waals surface area contributed by atoms with Crippen LogP contribution in [-0.2, 0) is 6.54 Å². The molecule has 0 bridgehead atoms. The average Bonchev–Trinajstić information content (AvgIpc) is 2.55. The number of hydrogen-bond acceptors (Lipinski definition) is 4. The first-order valence-corrected chi connectivity index (χ1v) is 8.44. The number of hydrogen-bond donors (Lipinski definition) is 0. The van der Waals surface area contributed by atoms with Crippen molar-refractivity contribution >= 4 is 0 Å². The summed E-state index contributed by atoms with van der Waals surface area (Å²) in [6, 6.07) is 6.97. The Morgan fingerprint density at radius 3 is 2.41 bits per heavy atom. The van der Waals surface area contributed by atoms with Crippen molar-refractivity contribution in [2.75, 3.05) is 39.9 Å². The first-order valence-electron chi connectivity index (χ1n) is 8.44. The molecule has 0 saturated carbocycles. The van der Waals surface area contributed by atoms with E-state index in [-0.39, 0.29) is 0 Å². The third-order valence-corrected chi connectivity index (χ3v) is 4.56. The van der Waals surface area contributed by atoms with E-state index < -0.39 is 0 Å². The molecule has 0 unspecified atom stereocenters. The Labute approximate surface area is 135 Å². The Balaban J connectivity index is 1.93. The van der Waals surface area contributed by atoms with Gasteiger partial charge in [0.25, 0.3) is 0 Å². The summed E-state index contributed by atoms with van der Waals surface area (Å²) in [6.07, 6.45) is 1.23. The molecule has 0 spiro atoms. The standard InChI is InChI=1S/C18H30N2O2/c1-5-15(3)20-11-9-19(10-12-20)14-16-7-8-17(21-4)18(13-16)22-6-2/h7-8,13,15H,5-6,9-12,14H2,1-4H3/t15-/m0/s1. The summed E-state index contributed by atoms with van der Waals surface area (Å²) in [5.41, 5.74) is 1.29. The summed E-state index contributed by atoms with van der Waals surface area (Å²) in [5.74, 6) is 1.66. The van der Waals surface area contributed by atoms with Crippen molar-refractivity contribution in [3.05, 3.63) is 23.8 Å². The topological polar surface area (TPSA) is 24.9 Å². The quantitative estimate of drug-likeness (QED) is 0.773. The highest BCUT2D eigenvalue weighted by atomic mass is 16.5. The van der Waals surface area contributed by atoms with Gasteiger partial charge in [-0.1, -0.05) is 13.0 Å².